The summed E-state index contributed by atoms with van der Waals surface area (Å²) < 4.78 is 0. The van der Waals surface area contributed by atoms with E-state index in [-0.39, 0.29) is 12.5 Å². The maximum absolute atomic E-state index is 12.6. The molecule has 1 aromatic carbocycles. The number of carbonyl (C=O) groups excluding carboxylic acids is 1. The van der Waals surface area contributed by atoms with Crippen LogP contribution in [0.4, 0.5) is 11.5 Å². The molecule has 0 atom stereocenters. The van der Waals surface area contributed by atoms with Gasteiger partial charge in [0, 0.05) is 36.5 Å². The maximum Gasteiger partial charge on any atom is 0.251 e. The molecule has 1 aromatic heterocycles. The Hall–Kier alpha value is -2.60. The first-order chi connectivity index (χ1) is 14.9. The summed E-state index contributed by atoms with van der Waals surface area (Å²) in [5.74, 6) is 0.793. The maximum atomic E-state index is 12.6. The Morgan fingerprint density at radius 1 is 1.19 bits per heavy atom. The second kappa shape index (κ2) is 8.87. The SMILES string of the molecule is Cc1ccc(C(=O)NC2CC2)cc1-c1cnc(NC(C)(C)CO)c(N2CCCCC2)c1. The van der Waals surface area contributed by atoms with Crippen LogP contribution in [-0.4, -0.2) is 47.3 Å². The third kappa shape index (κ3) is 5.18. The quantitative estimate of drug-likeness (QED) is 0.626. The van der Waals surface area contributed by atoms with Gasteiger partial charge < -0.3 is 20.6 Å². The summed E-state index contributed by atoms with van der Waals surface area (Å²) in [7, 11) is 0. The second-order valence-corrected chi connectivity index (χ2v) is 9.58. The highest BCUT2D eigenvalue weighted by Crippen LogP contribution is 2.34. The smallest absolute Gasteiger partial charge is 0.251 e. The van der Waals surface area contributed by atoms with E-state index < -0.39 is 5.54 Å². The number of hydrogen-bond acceptors (Lipinski definition) is 5. The van der Waals surface area contributed by atoms with Crippen molar-refractivity contribution in [2.45, 2.75) is 64.5 Å². The summed E-state index contributed by atoms with van der Waals surface area (Å²) in [4.78, 5) is 19.7. The summed E-state index contributed by atoms with van der Waals surface area (Å²) in [5, 5.41) is 16.2. The molecular formula is C25H34N4O2. The number of aryl methyl sites for hydroxylation is 1. The third-order valence-electron chi connectivity index (χ3n) is 6.14. The number of nitrogens with one attached hydrogen (secondary N) is 2. The van der Waals surface area contributed by atoms with Crippen molar-refractivity contribution in [3.63, 3.8) is 0 Å². The number of pyridine rings is 1. The molecule has 1 saturated heterocycles. The van der Waals surface area contributed by atoms with Gasteiger partial charge in [-0.3, -0.25) is 4.79 Å². The first kappa shape index (κ1) is 21.6. The van der Waals surface area contributed by atoms with Gasteiger partial charge in [0.15, 0.2) is 0 Å². The highest BCUT2D eigenvalue weighted by atomic mass is 16.3. The lowest BCUT2D eigenvalue weighted by molar-refractivity contribution is 0.0951. The van der Waals surface area contributed by atoms with Crippen LogP contribution in [0.5, 0.6) is 0 Å². The number of hydrogen-bond donors (Lipinski definition) is 3. The second-order valence-electron chi connectivity index (χ2n) is 9.58. The number of aliphatic hydroxyl groups is 1. The molecule has 1 aliphatic carbocycles. The van der Waals surface area contributed by atoms with Gasteiger partial charge in [-0.25, -0.2) is 4.98 Å². The third-order valence-corrected chi connectivity index (χ3v) is 6.14. The number of anilines is 2. The molecule has 2 aliphatic rings. The number of aliphatic hydroxyl groups excluding tert-OH is 1. The molecule has 2 fully saturated rings. The lowest BCUT2D eigenvalue weighted by atomic mass is 9.98. The predicted molar refractivity (Wildman–Crippen MR) is 126 cm³/mol. The molecule has 0 radical (unpaired) electrons. The van der Waals surface area contributed by atoms with Crippen molar-refractivity contribution in [2.24, 2.45) is 0 Å². The van der Waals surface area contributed by atoms with Gasteiger partial charge in [-0.15, -0.1) is 0 Å². The van der Waals surface area contributed by atoms with Gasteiger partial charge in [0.25, 0.3) is 5.91 Å². The summed E-state index contributed by atoms with van der Waals surface area (Å²) in [6.07, 6.45) is 7.62. The van der Waals surface area contributed by atoms with Crippen LogP contribution in [0.2, 0.25) is 0 Å². The lowest BCUT2D eigenvalue weighted by Crippen LogP contribution is -2.37. The number of rotatable bonds is 7. The van der Waals surface area contributed by atoms with Gasteiger partial charge in [-0.05, 0) is 82.2 Å². The lowest BCUT2D eigenvalue weighted by Gasteiger charge is -2.33. The summed E-state index contributed by atoms with van der Waals surface area (Å²) in [6.45, 7) is 8.03. The minimum Gasteiger partial charge on any atom is -0.394 e. The van der Waals surface area contributed by atoms with Gasteiger partial charge in [-0.2, -0.15) is 0 Å². The van der Waals surface area contributed by atoms with Crippen molar-refractivity contribution in [1.29, 1.82) is 0 Å². The molecule has 0 spiro atoms. The Kier molecular flexibility index (Phi) is 6.19. The Morgan fingerprint density at radius 3 is 2.61 bits per heavy atom. The molecule has 4 rings (SSSR count). The fourth-order valence-corrected chi connectivity index (χ4v) is 4.00. The zero-order chi connectivity index (χ0) is 22.0. The van der Waals surface area contributed by atoms with Crippen molar-refractivity contribution in [3.05, 3.63) is 41.6 Å². The Morgan fingerprint density at radius 2 is 1.94 bits per heavy atom. The van der Waals surface area contributed by atoms with E-state index in [2.05, 4.69) is 28.5 Å². The van der Waals surface area contributed by atoms with Crippen LogP contribution >= 0.6 is 0 Å². The highest BCUT2D eigenvalue weighted by Gasteiger charge is 2.25. The predicted octanol–water partition coefficient (Wildman–Crippen LogP) is 4.12. The van der Waals surface area contributed by atoms with Crippen molar-refractivity contribution in [3.8, 4) is 11.1 Å². The molecule has 2 heterocycles. The number of carbonyl (C=O) groups is 1. The fraction of sp³-hybridized carbons (Fsp3) is 0.520. The van der Waals surface area contributed by atoms with Gasteiger partial charge in [0.2, 0.25) is 0 Å². The van der Waals surface area contributed by atoms with Crippen LogP contribution < -0.4 is 15.5 Å². The van der Waals surface area contributed by atoms with Gasteiger partial charge in [-0.1, -0.05) is 6.07 Å². The molecule has 166 valence electrons. The standard InChI is InChI=1S/C25H34N4O2/c1-17-7-8-18(24(31)27-20-9-10-20)13-21(17)19-14-22(29-11-5-4-6-12-29)23(26-15-19)28-25(2,3)16-30/h7-8,13-15,20,30H,4-6,9-12,16H2,1-3H3,(H,26,28)(H,27,31). The van der Waals surface area contributed by atoms with E-state index in [9.17, 15) is 9.90 Å². The van der Waals surface area contributed by atoms with Crippen LogP contribution in [0.3, 0.4) is 0 Å². The van der Waals surface area contributed by atoms with Crippen molar-refractivity contribution in [2.75, 3.05) is 29.9 Å². The topological polar surface area (TPSA) is 77.5 Å². The first-order valence-electron chi connectivity index (χ1n) is 11.4. The molecular weight excluding hydrogens is 388 g/mol. The van der Waals surface area contributed by atoms with E-state index in [0.717, 1.165) is 54.1 Å². The molecule has 3 N–H and O–H groups in total. The summed E-state index contributed by atoms with van der Waals surface area (Å²) in [5.41, 5.74) is 4.44. The van der Waals surface area contributed by atoms with Crippen LogP contribution in [-0.2, 0) is 0 Å². The molecule has 2 aromatic rings. The Labute approximate surface area is 185 Å². The Bertz CT molecular complexity index is 947. The average molecular weight is 423 g/mol. The van der Waals surface area contributed by atoms with Crippen molar-refractivity contribution >= 4 is 17.4 Å². The summed E-state index contributed by atoms with van der Waals surface area (Å²) >= 11 is 0. The molecule has 6 nitrogen and oxygen atoms in total. The van der Waals surface area contributed by atoms with E-state index in [0.29, 0.717) is 11.6 Å². The normalized spacial score (nSPS) is 16.8. The number of amides is 1. The first-order valence-corrected chi connectivity index (χ1v) is 11.4. The molecule has 0 bridgehead atoms. The van der Waals surface area contributed by atoms with Crippen molar-refractivity contribution < 1.29 is 9.90 Å². The molecule has 1 saturated carbocycles. The van der Waals surface area contributed by atoms with E-state index in [4.69, 9.17) is 4.98 Å². The monoisotopic (exact) mass is 422 g/mol. The van der Waals surface area contributed by atoms with Crippen LogP contribution in [0.15, 0.2) is 30.5 Å². The fourth-order valence-electron chi connectivity index (χ4n) is 4.00. The largest absolute Gasteiger partial charge is 0.394 e. The number of aromatic nitrogens is 1. The molecule has 1 amide bonds. The van der Waals surface area contributed by atoms with E-state index >= 15 is 0 Å². The molecule has 0 unspecified atom stereocenters. The molecule has 6 heteroatoms. The van der Waals surface area contributed by atoms with Crippen LogP contribution in [0.1, 0.15) is 61.9 Å². The molecule has 1 aliphatic heterocycles. The minimum absolute atomic E-state index is 0.00375. The number of benzene rings is 1. The van der Waals surface area contributed by atoms with E-state index in [1.165, 1.54) is 19.3 Å². The van der Waals surface area contributed by atoms with Gasteiger partial charge >= 0.3 is 0 Å². The molecule has 31 heavy (non-hydrogen) atoms. The zero-order valence-electron chi connectivity index (χ0n) is 18.9. The number of piperidine rings is 1. The zero-order valence-corrected chi connectivity index (χ0v) is 18.9. The number of nitrogens with zero attached hydrogens (tertiary/aromatic N) is 2. The Balaban J connectivity index is 1.70. The van der Waals surface area contributed by atoms with E-state index in [1.54, 1.807) is 0 Å². The average Bonchev–Trinajstić information content (AvgIpc) is 3.59. The van der Waals surface area contributed by atoms with Gasteiger partial charge in [0.05, 0.1) is 17.8 Å². The van der Waals surface area contributed by atoms with Crippen molar-refractivity contribution in [1.82, 2.24) is 10.3 Å². The minimum atomic E-state index is -0.463. The van der Waals surface area contributed by atoms with Crippen LogP contribution in [0.25, 0.3) is 11.1 Å². The summed E-state index contributed by atoms with van der Waals surface area (Å²) in [6, 6.07) is 8.41. The van der Waals surface area contributed by atoms with Crippen LogP contribution in [0, 0.1) is 6.92 Å². The van der Waals surface area contributed by atoms with Gasteiger partial charge in [0.1, 0.15) is 5.82 Å². The van der Waals surface area contributed by atoms with E-state index in [1.807, 2.05) is 38.2 Å². The highest BCUT2D eigenvalue weighted by molar-refractivity contribution is 5.96.